The first-order valence-corrected chi connectivity index (χ1v) is 5.09. The molecule has 2 amide bonds. The lowest BCUT2D eigenvalue weighted by Crippen LogP contribution is -2.52. The zero-order valence-electron chi connectivity index (χ0n) is 9.63. The van der Waals surface area contributed by atoms with Crippen LogP contribution in [0.15, 0.2) is 0 Å². The normalized spacial score (nSPS) is 17.1. The molecule has 0 aromatic heterocycles. The highest BCUT2D eigenvalue weighted by molar-refractivity contribution is 6.03. The quantitative estimate of drug-likeness (QED) is 0.226. The molecule has 19 heavy (non-hydrogen) atoms. The van der Waals surface area contributed by atoms with Crippen molar-refractivity contribution in [2.24, 2.45) is 0 Å². The molecule has 10 heteroatoms. The summed E-state index contributed by atoms with van der Waals surface area (Å²) in [5, 5.41) is 55.0. The maximum Gasteiger partial charge on any atom is 0.312 e. The second kappa shape index (κ2) is 7.76. The van der Waals surface area contributed by atoms with Gasteiger partial charge in [0.1, 0.15) is 24.7 Å². The first-order valence-electron chi connectivity index (χ1n) is 5.09. The number of aliphatic hydroxyl groups excluding tert-OH is 5. The lowest BCUT2D eigenvalue weighted by molar-refractivity contribution is -0.151. The van der Waals surface area contributed by atoms with E-state index in [-0.39, 0.29) is 0 Å². The van der Waals surface area contributed by atoms with E-state index in [0.717, 1.165) is 0 Å². The first kappa shape index (κ1) is 17.4. The van der Waals surface area contributed by atoms with E-state index in [1.807, 2.05) is 0 Å². The number of amides is 2. The fraction of sp³-hybridized carbons (Fsp3) is 0.667. The largest absolute Gasteiger partial charge is 0.481 e. The topological polar surface area (TPSA) is 185 Å². The van der Waals surface area contributed by atoms with Gasteiger partial charge in [0, 0.05) is 0 Å². The maximum absolute atomic E-state index is 11.2. The Labute approximate surface area is 106 Å². The molecule has 0 spiro atoms. The van der Waals surface area contributed by atoms with Crippen LogP contribution in [0.2, 0.25) is 0 Å². The Kier molecular flexibility index (Phi) is 7.11. The summed E-state index contributed by atoms with van der Waals surface area (Å²) in [6, 6.07) is 0. The summed E-state index contributed by atoms with van der Waals surface area (Å²) in [5.74, 6) is -4.17. The molecule has 110 valence electrons. The van der Waals surface area contributed by atoms with Crippen molar-refractivity contribution in [3.63, 3.8) is 0 Å². The van der Waals surface area contributed by atoms with Gasteiger partial charge in [-0.15, -0.1) is 0 Å². The Morgan fingerprint density at radius 1 is 1.00 bits per heavy atom. The van der Waals surface area contributed by atoms with E-state index in [1.165, 1.54) is 5.32 Å². The molecule has 0 aliphatic carbocycles. The highest BCUT2D eigenvalue weighted by Gasteiger charge is 2.34. The van der Waals surface area contributed by atoms with Crippen LogP contribution in [0.3, 0.4) is 0 Å². The predicted molar refractivity (Wildman–Crippen MR) is 56.5 cm³/mol. The van der Waals surface area contributed by atoms with Crippen LogP contribution in [-0.2, 0) is 14.4 Å². The molecule has 0 aliphatic rings. The summed E-state index contributed by atoms with van der Waals surface area (Å²) in [5.41, 5.74) is 0. The van der Waals surface area contributed by atoms with Gasteiger partial charge in [0.25, 0.3) is 5.91 Å². The maximum atomic E-state index is 11.2. The number of carboxylic acid groups (broad SMARTS) is 1. The van der Waals surface area contributed by atoms with Crippen LogP contribution in [0.5, 0.6) is 0 Å². The molecule has 0 radical (unpaired) electrons. The third-order valence-electron chi connectivity index (χ3n) is 2.10. The van der Waals surface area contributed by atoms with Crippen LogP contribution >= 0.6 is 0 Å². The minimum absolute atomic E-state index is 0.926. The fourth-order valence-electron chi connectivity index (χ4n) is 1.07. The van der Waals surface area contributed by atoms with Crippen LogP contribution in [0.25, 0.3) is 0 Å². The minimum Gasteiger partial charge on any atom is -0.481 e. The summed E-state index contributed by atoms with van der Waals surface area (Å²) in [4.78, 5) is 32.2. The molecular formula is C9H15NO9. The lowest BCUT2D eigenvalue weighted by atomic mass is 10.0. The second-order valence-corrected chi connectivity index (χ2v) is 3.66. The number of imide groups is 1. The summed E-state index contributed by atoms with van der Waals surface area (Å²) in [6.07, 6.45) is -9.29. The average Bonchev–Trinajstić information content (AvgIpc) is 2.33. The van der Waals surface area contributed by atoms with Crippen LogP contribution in [-0.4, -0.2) is 79.4 Å². The number of hydrogen-bond acceptors (Lipinski definition) is 8. The molecule has 0 saturated heterocycles. The van der Waals surface area contributed by atoms with Gasteiger partial charge >= 0.3 is 5.97 Å². The number of carboxylic acids is 1. The number of carbonyl (C=O) groups excluding carboxylic acids is 2. The highest BCUT2D eigenvalue weighted by Crippen LogP contribution is 2.05. The van der Waals surface area contributed by atoms with E-state index >= 15 is 0 Å². The molecule has 4 atom stereocenters. The summed E-state index contributed by atoms with van der Waals surface area (Å²) in [7, 11) is 0. The van der Waals surface area contributed by atoms with Crippen molar-refractivity contribution in [3.8, 4) is 0 Å². The van der Waals surface area contributed by atoms with E-state index in [4.69, 9.17) is 15.3 Å². The number of hydrogen-bond donors (Lipinski definition) is 7. The molecule has 0 aromatic carbocycles. The van der Waals surface area contributed by atoms with Crippen LogP contribution in [0.1, 0.15) is 6.42 Å². The van der Waals surface area contributed by atoms with Crippen LogP contribution < -0.4 is 5.32 Å². The van der Waals surface area contributed by atoms with Gasteiger partial charge in [-0.05, 0) is 0 Å². The van der Waals surface area contributed by atoms with Crippen molar-refractivity contribution in [1.29, 1.82) is 0 Å². The van der Waals surface area contributed by atoms with Crippen molar-refractivity contribution in [2.75, 3.05) is 6.61 Å². The molecule has 7 N–H and O–H groups in total. The van der Waals surface area contributed by atoms with Gasteiger partial charge in [-0.1, -0.05) is 0 Å². The Hall–Kier alpha value is -1.59. The first-order chi connectivity index (χ1) is 8.70. The molecule has 0 saturated carbocycles. The fourth-order valence-corrected chi connectivity index (χ4v) is 1.07. The van der Waals surface area contributed by atoms with Crippen LogP contribution in [0, 0.1) is 0 Å². The lowest BCUT2D eigenvalue weighted by Gasteiger charge is -2.24. The summed E-state index contributed by atoms with van der Waals surface area (Å²) < 4.78 is 0. The van der Waals surface area contributed by atoms with Gasteiger partial charge in [-0.2, -0.15) is 0 Å². The Bertz CT molecular complexity index is 345. The third-order valence-corrected chi connectivity index (χ3v) is 2.10. The van der Waals surface area contributed by atoms with E-state index in [0.29, 0.717) is 0 Å². The molecule has 10 nitrogen and oxygen atoms in total. The average molecular weight is 281 g/mol. The Morgan fingerprint density at radius 2 is 1.53 bits per heavy atom. The van der Waals surface area contributed by atoms with Gasteiger partial charge in [-0.3, -0.25) is 19.7 Å². The zero-order chi connectivity index (χ0) is 15.2. The number of carbonyl (C=O) groups is 3. The van der Waals surface area contributed by atoms with E-state index in [1.54, 1.807) is 0 Å². The van der Waals surface area contributed by atoms with Crippen molar-refractivity contribution < 1.29 is 45.0 Å². The standard InChI is InChI=1S/C9H15NO9/c11-2-3(12)6(16)7(17)8(18)9(19)10-4(13)1-5(14)15/h3,6-8,11-12,16-18H,1-2H2,(H,14,15)(H,10,13,19). The third kappa shape index (κ3) is 5.72. The van der Waals surface area contributed by atoms with E-state index in [9.17, 15) is 29.7 Å². The number of aliphatic hydroxyl groups is 5. The van der Waals surface area contributed by atoms with Gasteiger partial charge in [0.05, 0.1) is 6.61 Å². The zero-order valence-corrected chi connectivity index (χ0v) is 9.63. The van der Waals surface area contributed by atoms with E-state index < -0.39 is 55.2 Å². The van der Waals surface area contributed by atoms with Gasteiger partial charge in [-0.25, -0.2) is 0 Å². The van der Waals surface area contributed by atoms with Gasteiger partial charge in [0.15, 0.2) is 6.10 Å². The molecule has 0 rings (SSSR count). The SMILES string of the molecule is O=C(O)CC(=O)NC(=O)C(O)C(O)C(O)C(O)CO. The van der Waals surface area contributed by atoms with Gasteiger partial charge in [0.2, 0.25) is 5.91 Å². The number of aliphatic carboxylic acids is 1. The molecule has 4 unspecified atom stereocenters. The molecule has 0 bridgehead atoms. The Morgan fingerprint density at radius 3 is 1.95 bits per heavy atom. The molecule has 0 aliphatic heterocycles. The van der Waals surface area contributed by atoms with Gasteiger partial charge < -0.3 is 30.6 Å². The molecule has 0 fully saturated rings. The number of nitrogens with one attached hydrogen (secondary N) is 1. The number of rotatable bonds is 7. The monoisotopic (exact) mass is 281 g/mol. The smallest absolute Gasteiger partial charge is 0.312 e. The highest BCUT2D eigenvalue weighted by atomic mass is 16.4. The summed E-state index contributed by atoms with van der Waals surface area (Å²) >= 11 is 0. The minimum atomic E-state index is -2.28. The molecule has 0 heterocycles. The Balaban J connectivity index is 4.47. The van der Waals surface area contributed by atoms with Crippen molar-refractivity contribution in [3.05, 3.63) is 0 Å². The van der Waals surface area contributed by atoms with Crippen LogP contribution in [0.4, 0.5) is 0 Å². The van der Waals surface area contributed by atoms with Crippen molar-refractivity contribution in [2.45, 2.75) is 30.8 Å². The predicted octanol–water partition coefficient (Wildman–Crippen LogP) is -4.46. The summed E-state index contributed by atoms with van der Waals surface area (Å²) in [6.45, 7) is -0.926. The van der Waals surface area contributed by atoms with E-state index in [2.05, 4.69) is 0 Å². The van der Waals surface area contributed by atoms with Crippen molar-refractivity contribution >= 4 is 17.8 Å². The molecular weight excluding hydrogens is 266 g/mol. The second-order valence-electron chi connectivity index (χ2n) is 3.66. The molecule has 0 aromatic rings. The van der Waals surface area contributed by atoms with Crippen molar-refractivity contribution in [1.82, 2.24) is 5.32 Å².